The summed E-state index contributed by atoms with van der Waals surface area (Å²) in [6.45, 7) is 10.5. The van der Waals surface area contributed by atoms with Crippen molar-refractivity contribution in [1.82, 2.24) is 4.48 Å². The van der Waals surface area contributed by atoms with Gasteiger partial charge in [-0.3, -0.25) is 0 Å². The molecule has 0 radical (unpaired) electrons. The van der Waals surface area contributed by atoms with E-state index in [9.17, 15) is 8.42 Å². The van der Waals surface area contributed by atoms with E-state index in [0.717, 1.165) is 0 Å². The van der Waals surface area contributed by atoms with Crippen molar-refractivity contribution < 1.29 is 8.42 Å². The first-order chi connectivity index (χ1) is 7.89. The van der Waals surface area contributed by atoms with Crippen LogP contribution in [0.5, 0.6) is 0 Å². The highest BCUT2D eigenvalue weighted by atomic mass is 35.5. The van der Waals surface area contributed by atoms with Crippen molar-refractivity contribution in [2.24, 2.45) is 5.14 Å². The van der Waals surface area contributed by atoms with Crippen molar-refractivity contribution in [3.63, 3.8) is 0 Å². The van der Waals surface area contributed by atoms with Crippen molar-refractivity contribution in [2.75, 3.05) is 0 Å². The van der Waals surface area contributed by atoms with Crippen LogP contribution < -0.4 is 5.14 Å². The van der Waals surface area contributed by atoms with Crippen molar-refractivity contribution >= 4 is 36.0 Å². The molecule has 0 bridgehead atoms. The van der Waals surface area contributed by atoms with E-state index in [1.807, 2.05) is 0 Å². The number of halogens is 1. The van der Waals surface area contributed by atoms with Crippen LogP contribution in [0.1, 0.15) is 20.8 Å². The van der Waals surface area contributed by atoms with E-state index in [1.165, 1.54) is 6.08 Å². The van der Waals surface area contributed by atoms with Gasteiger partial charge in [-0.2, -0.15) is 11.5 Å². The Labute approximate surface area is 116 Å². The smallest absolute Gasteiger partial charge is 0.380 e. The van der Waals surface area contributed by atoms with E-state index in [1.54, 1.807) is 16.5 Å². The van der Waals surface area contributed by atoms with Crippen LogP contribution in [-0.2, 0) is 10.0 Å². The molecule has 0 aromatic heterocycles. The SMILES string of the molecule is CC(C)(C)[Si](C)(C)N1B(Cl)C=CC=C1S(N)(=O)=O. The van der Waals surface area contributed by atoms with Crippen molar-refractivity contribution in [3.8, 4) is 0 Å². The molecular formula is C10H20BClN2O2SSi. The second-order valence-electron chi connectivity index (χ2n) is 5.99. The molecule has 0 aromatic rings. The fourth-order valence-corrected chi connectivity index (χ4v) is 6.45. The molecule has 0 fully saturated rings. The van der Waals surface area contributed by atoms with Crippen LogP contribution in [0.4, 0.5) is 0 Å². The predicted molar refractivity (Wildman–Crippen MR) is 81.0 cm³/mol. The average Bonchev–Trinajstić information content (AvgIpc) is 2.13. The third-order valence-corrected chi connectivity index (χ3v) is 10.7. The summed E-state index contributed by atoms with van der Waals surface area (Å²) in [5.41, 5.74) is 0. The summed E-state index contributed by atoms with van der Waals surface area (Å²) >= 11 is 6.29. The maximum absolute atomic E-state index is 11.7. The lowest BCUT2D eigenvalue weighted by Gasteiger charge is -2.49. The standard InChI is InChI=1S/C10H20BClN2O2SSi/c1-10(2,3)18(4,5)14-9(17(13,15)16)7-6-8-11(14)12/h6-8H,1-5H3,(H2,13,15,16). The van der Waals surface area contributed by atoms with Crippen molar-refractivity contribution in [1.29, 1.82) is 0 Å². The minimum Gasteiger partial charge on any atom is -0.415 e. The zero-order chi connectivity index (χ0) is 14.4. The fraction of sp³-hybridized carbons (Fsp3) is 0.600. The van der Waals surface area contributed by atoms with Crippen LogP contribution in [0.25, 0.3) is 0 Å². The zero-order valence-electron chi connectivity index (χ0n) is 11.4. The lowest BCUT2D eigenvalue weighted by atomic mass is 9.90. The van der Waals surface area contributed by atoms with Crippen LogP contribution in [0.15, 0.2) is 23.2 Å². The second kappa shape index (κ2) is 4.70. The number of hydrogen-bond donors (Lipinski definition) is 1. The summed E-state index contributed by atoms with van der Waals surface area (Å²) in [5.74, 6) is 1.77. The molecule has 0 saturated heterocycles. The Hall–Kier alpha value is -0.238. The largest absolute Gasteiger partial charge is 0.415 e. The van der Waals surface area contributed by atoms with E-state index < -0.39 is 24.5 Å². The van der Waals surface area contributed by atoms with Gasteiger partial charge in [-0.25, -0.2) is 13.6 Å². The molecule has 0 unspecified atom stereocenters. The van der Waals surface area contributed by atoms with E-state index >= 15 is 0 Å². The lowest BCUT2D eigenvalue weighted by molar-refractivity contribution is 0.588. The number of hydrogen-bond acceptors (Lipinski definition) is 3. The summed E-state index contributed by atoms with van der Waals surface area (Å²) in [5, 5.41) is 5.38. The molecule has 2 N–H and O–H groups in total. The number of nitrogens with zero attached hydrogens (tertiary/aromatic N) is 1. The van der Waals surface area contributed by atoms with Gasteiger partial charge >= 0.3 is 6.26 Å². The number of sulfonamides is 1. The Bertz CT molecular complexity index is 496. The molecule has 18 heavy (non-hydrogen) atoms. The maximum Gasteiger partial charge on any atom is 0.380 e. The Morgan fingerprint density at radius 1 is 1.39 bits per heavy atom. The number of nitrogens with two attached hydrogens (primary N) is 1. The molecule has 0 amide bonds. The van der Waals surface area contributed by atoms with Gasteiger partial charge in [0.2, 0.25) is 0 Å². The number of primary sulfonamides is 1. The molecule has 0 atom stereocenters. The van der Waals surface area contributed by atoms with Crippen LogP contribution in [0, 0.1) is 0 Å². The van der Waals surface area contributed by atoms with Crippen LogP contribution in [0.2, 0.25) is 18.1 Å². The number of allylic oxidation sites excluding steroid dienone is 2. The predicted octanol–water partition coefficient (Wildman–Crippen LogP) is 2.26. The van der Waals surface area contributed by atoms with Crippen LogP contribution in [0.3, 0.4) is 0 Å². The lowest BCUT2D eigenvalue weighted by Crippen LogP contribution is -2.60. The van der Waals surface area contributed by atoms with Gasteiger partial charge < -0.3 is 4.48 Å². The third-order valence-electron chi connectivity index (χ3n) is 3.72. The third kappa shape index (κ3) is 2.84. The Kier molecular flexibility index (Phi) is 4.13. The van der Waals surface area contributed by atoms with Gasteiger partial charge in [0.15, 0.2) is 0 Å². The maximum atomic E-state index is 11.7. The topological polar surface area (TPSA) is 63.4 Å². The van der Waals surface area contributed by atoms with Gasteiger partial charge in [-0.05, 0) is 11.1 Å². The molecule has 0 saturated carbocycles. The van der Waals surface area contributed by atoms with Crippen LogP contribution >= 0.6 is 11.5 Å². The quantitative estimate of drug-likeness (QED) is 0.796. The molecule has 0 aliphatic carbocycles. The Balaban J connectivity index is 3.37. The molecule has 102 valence electrons. The molecule has 1 aliphatic rings. The highest BCUT2D eigenvalue weighted by molar-refractivity contribution is 7.93. The molecular weight excluding hydrogens is 287 g/mol. The second-order valence-corrected chi connectivity index (χ2v) is 13.0. The number of rotatable bonds is 2. The summed E-state index contributed by atoms with van der Waals surface area (Å²) < 4.78 is 25.2. The molecule has 0 aromatic carbocycles. The molecule has 1 heterocycles. The van der Waals surface area contributed by atoms with Gasteiger partial charge in [0, 0.05) is 0 Å². The minimum atomic E-state index is -3.77. The molecule has 0 spiro atoms. The monoisotopic (exact) mass is 306 g/mol. The average molecular weight is 307 g/mol. The Morgan fingerprint density at radius 2 is 1.89 bits per heavy atom. The van der Waals surface area contributed by atoms with Gasteiger partial charge in [-0.15, -0.1) is 0 Å². The van der Waals surface area contributed by atoms with Gasteiger partial charge in [0.1, 0.15) is 13.3 Å². The van der Waals surface area contributed by atoms with E-state index in [2.05, 4.69) is 33.9 Å². The Morgan fingerprint density at radius 3 is 2.28 bits per heavy atom. The van der Waals surface area contributed by atoms with E-state index in [4.69, 9.17) is 16.6 Å². The first-order valence-electron chi connectivity index (χ1n) is 5.74. The summed E-state index contributed by atoms with van der Waals surface area (Å²) in [7, 11) is -5.88. The van der Waals surface area contributed by atoms with Crippen LogP contribution in [-0.4, -0.2) is 27.4 Å². The molecule has 4 nitrogen and oxygen atoms in total. The highest BCUT2D eigenvalue weighted by Gasteiger charge is 2.47. The fourth-order valence-electron chi connectivity index (χ4n) is 1.69. The molecule has 1 aliphatic heterocycles. The normalized spacial score (nSPS) is 18.1. The van der Waals surface area contributed by atoms with E-state index in [0.29, 0.717) is 0 Å². The van der Waals surface area contributed by atoms with Gasteiger partial charge in [0.25, 0.3) is 10.0 Å². The van der Waals surface area contributed by atoms with Gasteiger partial charge in [-0.1, -0.05) is 45.9 Å². The first-order valence-corrected chi connectivity index (χ1v) is 10.7. The highest BCUT2D eigenvalue weighted by Crippen LogP contribution is 2.42. The summed E-state index contributed by atoms with van der Waals surface area (Å²) in [6.07, 6.45) is 2.69. The minimum absolute atomic E-state index is 0.0326. The van der Waals surface area contributed by atoms with E-state index in [-0.39, 0.29) is 10.1 Å². The summed E-state index contributed by atoms with van der Waals surface area (Å²) in [4.78, 5) is 0. The zero-order valence-corrected chi connectivity index (χ0v) is 14.0. The van der Waals surface area contributed by atoms with Gasteiger partial charge in [0.05, 0.1) is 0 Å². The first kappa shape index (κ1) is 15.8. The van der Waals surface area contributed by atoms with Crippen molar-refractivity contribution in [3.05, 3.63) is 23.2 Å². The molecule has 8 heteroatoms. The molecule has 1 rings (SSSR count). The van der Waals surface area contributed by atoms with Crippen molar-refractivity contribution in [2.45, 2.75) is 38.9 Å². The summed E-state index contributed by atoms with van der Waals surface area (Å²) in [6, 6.07) is 0.